The van der Waals surface area contributed by atoms with Crippen molar-refractivity contribution < 1.29 is 19.0 Å². The van der Waals surface area contributed by atoms with Crippen LogP contribution in [-0.4, -0.2) is 78.2 Å². The minimum Gasteiger partial charge on any atom is -0.493 e. The Morgan fingerprint density at radius 3 is 2.86 bits per heavy atom. The molecule has 35 heavy (non-hydrogen) atoms. The second kappa shape index (κ2) is 9.99. The van der Waals surface area contributed by atoms with E-state index in [2.05, 4.69) is 32.2 Å². The molecule has 2 aromatic heterocycles. The summed E-state index contributed by atoms with van der Waals surface area (Å²) in [5, 5.41) is 4.35. The smallest absolute Gasteiger partial charge is 0.260 e. The van der Waals surface area contributed by atoms with Gasteiger partial charge in [0.15, 0.2) is 18.1 Å². The highest BCUT2D eigenvalue weighted by molar-refractivity contribution is 5.92. The molecular formula is C25H32N6O4. The number of hydrogen-bond acceptors (Lipinski definition) is 8. The zero-order valence-electron chi connectivity index (χ0n) is 20.5. The van der Waals surface area contributed by atoms with Crippen molar-refractivity contribution in [2.75, 3.05) is 52.8 Å². The van der Waals surface area contributed by atoms with E-state index in [-0.39, 0.29) is 12.5 Å². The summed E-state index contributed by atoms with van der Waals surface area (Å²) in [4.78, 5) is 28.9. The maximum absolute atomic E-state index is 12.8. The van der Waals surface area contributed by atoms with Gasteiger partial charge in [-0.3, -0.25) is 4.79 Å². The van der Waals surface area contributed by atoms with Crippen LogP contribution in [0.4, 0.5) is 11.5 Å². The van der Waals surface area contributed by atoms with Gasteiger partial charge in [0, 0.05) is 44.2 Å². The van der Waals surface area contributed by atoms with Crippen LogP contribution in [0.1, 0.15) is 24.8 Å². The molecule has 3 aromatic rings. The Hall–Kier alpha value is -3.53. The van der Waals surface area contributed by atoms with Gasteiger partial charge >= 0.3 is 0 Å². The van der Waals surface area contributed by atoms with Crippen LogP contribution in [0, 0.1) is 5.92 Å². The van der Waals surface area contributed by atoms with Crippen molar-refractivity contribution in [3.05, 3.63) is 30.2 Å². The Bertz CT molecular complexity index is 1210. The van der Waals surface area contributed by atoms with Crippen molar-refractivity contribution >= 4 is 28.4 Å². The predicted molar refractivity (Wildman–Crippen MR) is 132 cm³/mol. The fourth-order valence-corrected chi connectivity index (χ4v) is 4.24. The van der Waals surface area contributed by atoms with Crippen molar-refractivity contribution in [2.45, 2.75) is 25.8 Å². The van der Waals surface area contributed by atoms with Gasteiger partial charge in [-0.1, -0.05) is 0 Å². The number of benzene rings is 1. The molecule has 0 radical (unpaired) electrons. The number of likely N-dealkylation sites (N-methyl/N-ethyl adjacent to an activating group) is 1. The zero-order valence-corrected chi connectivity index (χ0v) is 20.5. The highest BCUT2D eigenvalue weighted by atomic mass is 16.5. The van der Waals surface area contributed by atoms with Gasteiger partial charge in [-0.05, 0) is 44.3 Å². The maximum atomic E-state index is 12.8. The molecule has 5 rings (SSSR count). The Morgan fingerprint density at radius 1 is 1.20 bits per heavy atom. The number of hydrogen-bond donors (Lipinski definition) is 2. The molecule has 3 heterocycles. The van der Waals surface area contributed by atoms with Crippen LogP contribution in [0.25, 0.3) is 11.0 Å². The fraction of sp³-hybridized carbons (Fsp3) is 0.480. The lowest BCUT2D eigenvalue weighted by atomic mass is 10.2. The third-order valence-corrected chi connectivity index (χ3v) is 6.47. The second-order valence-corrected chi connectivity index (χ2v) is 9.34. The van der Waals surface area contributed by atoms with Crippen LogP contribution in [0.15, 0.2) is 24.7 Å². The number of nitrogens with zero attached hydrogens (tertiary/aromatic N) is 4. The summed E-state index contributed by atoms with van der Waals surface area (Å²) in [6.45, 7) is 2.73. The minimum atomic E-state index is -0.0874. The molecule has 1 amide bonds. The number of rotatable bonds is 4. The first-order chi connectivity index (χ1) is 17.0. The number of aromatic amines is 1. The van der Waals surface area contributed by atoms with E-state index in [1.165, 1.54) is 19.2 Å². The van der Waals surface area contributed by atoms with Gasteiger partial charge in [-0.25, -0.2) is 9.97 Å². The van der Waals surface area contributed by atoms with Crippen molar-refractivity contribution in [1.82, 2.24) is 24.8 Å². The molecule has 0 spiro atoms. The molecule has 2 aliphatic rings. The number of carbonyl (C=O) groups is 1. The number of nitrogens with one attached hydrogen (secondary N) is 2. The fourth-order valence-electron chi connectivity index (χ4n) is 4.24. The van der Waals surface area contributed by atoms with Gasteiger partial charge in [-0.15, -0.1) is 0 Å². The van der Waals surface area contributed by atoms with E-state index in [1.807, 2.05) is 18.3 Å². The molecule has 0 atom stereocenters. The number of amides is 1. The molecule has 10 heteroatoms. The van der Waals surface area contributed by atoms with Gasteiger partial charge < -0.3 is 34.3 Å². The van der Waals surface area contributed by atoms with Crippen LogP contribution < -0.4 is 19.5 Å². The Balaban J connectivity index is 1.55. The van der Waals surface area contributed by atoms with Crippen LogP contribution >= 0.6 is 0 Å². The van der Waals surface area contributed by atoms with E-state index >= 15 is 0 Å². The van der Waals surface area contributed by atoms with E-state index in [9.17, 15) is 4.79 Å². The maximum Gasteiger partial charge on any atom is 0.260 e. The number of aromatic nitrogens is 3. The average Bonchev–Trinajstić information content (AvgIpc) is 3.59. The van der Waals surface area contributed by atoms with E-state index in [4.69, 9.17) is 14.2 Å². The first kappa shape index (κ1) is 23.2. The first-order valence-electron chi connectivity index (χ1n) is 12.0. The van der Waals surface area contributed by atoms with E-state index in [0.717, 1.165) is 36.1 Å². The highest BCUT2D eigenvalue weighted by Gasteiger charge is 2.25. The Morgan fingerprint density at radius 2 is 2.06 bits per heavy atom. The summed E-state index contributed by atoms with van der Waals surface area (Å²) in [5.41, 5.74) is 2.57. The first-order valence-corrected chi connectivity index (χ1v) is 12.0. The third kappa shape index (κ3) is 5.27. The van der Waals surface area contributed by atoms with E-state index in [1.54, 1.807) is 19.1 Å². The number of ether oxygens (including phenoxy) is 3. The van der Waals surface area contributed by atoms with Crippen molar-refractivity contribution in [1.29, 1.82) is 0 Å². The van der Waals surface area contributed by atoms with Gasteiger partial charge in [-0.2, -0.15) is 0 Å². The minimum absolute atomic E-state index is 0.0849. The zero-order chi connectivity index (χ0) is 24.4. The van der Waals surface area contributed by atoms with Crippen LogP contribution in [0.2, 0.25) is 0 Å². The summed E-state index contributed by atoms with van der Waals surface area (Å²) in [6, 6.07) is 3.69. The van der Waals surface area contributed by atoms with Gasteiger partial charge in [0.05, 0.1) is 19.1 Å². The normalized spacial score (nSPS) is 17.7. The molecule has 2 N–H and O–H groups in total. The standard InChI is InChI=1S/C25H32N6O4/c1-30-7-4-8-31(2)21(32)14-34-20-10-18(9-19(33-3)23(20)35-13-16-5-6-16)29-25-22-17(12-30)11-26-24(22)27-15-28-25/h9-11,15-16H,4-8,12-14H2,1-3H3,(H2,26,27,28,29). The van der Waals surface area contributed by atoms with Gasteiger partial charge in [0.1, 0.15) is 17.8 Å². The lowest BCUT2D eigenvalue weighted by Crippen LogP contribution is -2.33. The van der Waals surface area contributed by atoms with E-state index < -0.39 is 0 Å². The monoisotopic (exact) mass is 480 g/mol. The summed E-state index contributed by atoms with van der Waals surface area (Å²) < 4.78 is 17.8. The van der Waals surface area contributed by atoms with Crippen molar-refractivity contribution in [3.63, 3.8) is 0 Å². The molecule has 186 valence electrons. The van der Waals surface area contributed by atoms with Crippen molar-refractivity contribution in [2.24, 2.45) is 5.92 Å². The quantitative estimate of drug-likeness (QED) is 0.587. The summed E-state index contributed by atoms with van der Waals surface area (Å²) >= 11 is 0. The number of methoxy groups -OCH3 is 1. The molecule has 2 bridgehead atoms. The molecule has 1 aromatic carbocycles. The van der Waals surface area contributed by atoms with Crippen LogP contribution in [0.3, 0.4) is 0 Å². The second-order valence-electron chi connectivity index (χ2n) is 9.34. The third-order valence-electron chi connectivity index (χ3n) is 6.47. The predicted octanol–water partition coefficient (Wildman–Crippen LogP) is 3.17. The molecule has 0 unspecified atom stereocenters. The summed E-state index contributed by atoms with van der Waals surface area (Å²) in [5.74, 6) is 2.66. The number of fused-ring (bicyclic) bond motifs is 2. The molecule has 1 aliphatic carbocycles. The van der Waals surface area contributed by atoms with Gasteiger partial charge in [0.25, 0.3) is 5.91 Å². The number of H-pyrrole nitrogens is 1. The number of carbonyl (C=O) groups excluding carboxylic acids is 1. The van der Waals surface area contributed by atoms with Crippen molar-refractivity contribution in [3.8, 4) is 17.2 Å². The molecule has 1 saturated carbocycles. The highest BCUT2D eigenvalue weighted by Crippen LogP contribution is 2.43. The molecule has 0 saturated heterocycles. The average molecular weight is 481 g/mol. The number of anilines is 2. The molecule has 1 aliphatic heterocycles. The lowest BCUT2D eigenvalue weighted by molar-refractivity contribution is -0.132. The Kier molecular flexibility index (Phi) is 6.63. The molecule has 10 nitrogen and oxygen atoms in total. The topological polar surface area (TPSA) is 105 Å². The van der Waals surface area contributed by atoms with Crippen LogP contribution in [-0.2, 0) is 11.3 Å². The van der Waals surface area contributed by atoms with Gasteiger partial charge in [0.2, 0.25) is 5.75 Å². The van der Waals surface area contributed by atoms with E-state index in [0.29, 0.717) is 47.8 Å². The Labute approximate surface area is 204 Å². The molecule has 1 fully saturated rings. The summed E-state index contributed by atoms with van der Waals surface area (Å²) in [6.07, 6.45) is 6.69. The lowest BCUT2D eigenvalue weighted by Gasteiger charge is -2.22. The largest absolute Gasteiger partial charge is 0.493 e. The SMILES string of the molecule is COc1cc2cc(c1OCC1CC1)OCC(=O)N(C)CCCN(C)Cc1c[nH]c3ncnc(c13)N2. The summed E-state index contributed by atoms with van der Waals surface area (Å²) in [7, 11) is 5.48. The van der Waals surface area contributed by atoms with Crippen LogP contribution in [0.5, 0.6) is 17.2 Å². The molecular weight excluding hydrogens is 448 g/mol.